The highest BCUT2D eigenvalue weighted by molar-refractivity contribution is 6.29. The van der Waals surface area contributed by atoms with E-state index in [-0.39, 0.29) is 0 Å². The molecule has 2 aliphatic heterocycles. The lowest BCUT2D eigenvalue weighted by molar-refractivity contribution is 0.139. The van der Waals surface area contributed by atoms with Crippen molar-refractivity contribution in [3.63, 3.8) is 0 Å². The summed E-state index contributed by atoms with van der Waals surface area (Å²) in [7, 11) is 0. The monoisotopic (exact) mass is 279 g/mol. The molecule has 0 amide bonds. The standard InChI is InChI=1S/C15H22ClN3/c1-2-19(10-13-4-3-5-15(16)18-13)14-8-11-6-7-12(9-14)17-11/h3-5,11-12,14,17H,2,6-10H2,1H3. The maximum absolute atomic E-state index is 5.97. The van der Waals surface area contributed by atoms with Crippen molar-refractivity contribution >= 4 is 11.6 Å². The van der Waals surface area contributed by atoms with E-state index in [1.807, 2.05) is 12.1 Å². The van der Waals surface area contributed by atoms with Crippen molar-refractivity contribution in [2.75, 3.05) is 6.54 Å². The summed E-state index contributed by atoms with van der Waals surface area (Å²) in [5, 5.41) is 4.31. The van der Waals surface area contributed by atoms with Gasteiger partial charge in [-0.25, -0.2) is 4.98 Å². The van der Waals surface area contributed by atoms with Crippen LogP contribution < -0.4 is 5.32 Å². The molecule has 2 atom stereocenters. The third-order valence-electron chi connectivity index (χ3n) is 4.51. The van der Waals surface area contributed by atoms with Crippen LogP contribution in [0.15, 0.2) is 18.2 Å². The van der Waals surface area contributed by atoms with Gasteiger partial charge in [-0.05, 0) is 44.4 Å². The Kier molecular flexibility index (Phi) is 4.06. The van der Waals surface area contributed by atoms with E-state index in [2.05, 4.69) is 28.2 Å². The van der Waals surface area contributed by atoms with Gasteiger partial charge in [0.2, 0.25) is 0 Å². The first-order valence-electron chi connectivity index (χ1n) is 7.36. The predicted octanol–water partition coefficient (Wildman–Crippen LogP) is 2.84. The number of nitrogens with zero attached hydrogens (tertiary/aromatic N) is 2. The molecule has 0 aromatic carbocycles. The average Bonchev–Trinajstić information content (AvgIpc) is 2.75. The van der Waals surface area contributed by atoms with Crippen molar-refractivity contribution in [1.82, 2.24) is 15.2 Å². The molecule has 3 heterocycles. The van der Waals surface area contributed by atoms with Gasteiger partial charge < -0.3 is 5.32 Å². The van der Waals surface area contributed by atoms with Gasteiger partial charge in [0.15, 0.2) is 0 Å². The first kappa shape index (κ1) is 13.3. The predicted molar refractivity (Wildman–Crippen MR) is 78.3 cm³/mol. The maximum atomic E-state index is 5.97. The molecule has 4 heteroatoms. The maximum Gasteiger partial charge on any atom is 0.129 e. The summed E-state index contributed by atoms with van der Waals surface area (Å²) in [5.74, 6) is 0. The van der Waals surface area contributed by atoms with Crippen LogP contribution in [0.5, 0.6) is 0 Å². The molecule has 0 spiro atoms. The minimum Gasteiger partial charge on any atom is -0.311 e. The van der Waals surface area contributed by atoms with E-state index in [4.69, 9.17) is 11.6 Å². The van der Waals surface area contributed by atoms with Gasteiger partial charge >= 0.3 is 0 Å². The Morgan fingerprint density at radius 3 is 2.68 bits per heavy atom. The largest absolute Gasteiger partial charge is 0.311 e. The van der Waals surface area contributed by atoms with Gasteiger partial charge in [0.05, 0.1) is 5.69 Å². The molecule has 3 nitrogen and oxygen atoms in total. The minimum atomic E-state index is 0.596. The molecule has 1 N–H and O–H groups in total. The number of halogens is 1. The second-order valence-electron chi connectivity index (χ2n) is 5.78. The Balaban J connectivity index is 1.67. The van der Waals surface area contributed by atoms with Crippen molar-refractivity contribution in [1.29, 1.82) is 0 Å². The van der Waals surface area contributed by atoms with E-state index in [9.17, 15) is 0 Å². The summed E-state index contributed by atoms with van der Waals surface area (Å²) in [6, 6.07) is 8.08. The lowest BCUT2D eigenvalue weighted by Gasteiger charge is -2.37. The summed E-state index contributed by atoms with van der Waals surface area (Å²) in [5.41, 5.74) is 1.08. The van der Waals surface area contributed by atoms with Crippen LogP contribution in [0.1, 0.15) is 38.3 Å². The van der Waals surface area contributed by atoms with E-state index in [1.165, 1.54) is 25.7 Å². The van der Waals surface area contributed by atoms with E-state index in [0.29, 0.717) is 11.2 Å². The lowest BCUT2D eigenvalue weighted by Crippen LogP contribution is -2.48. The number of pyridine rings is 1. The van der Waals surface area contributed by atoms with Crippen LogP contribution in [0, 0.1) is 0 Å². The second kappa shape index (κ2) is 5.78. The Morgan fingerprint density at radius 1 is 1.32 bits per heavy atom. The summed E-state index contributed by atoms with van der Waals surface area (Å²) < 4.78 is 0. The molecule has 0 radical (unpaired) electrons. The van der Waals surface area contributed by atoms with Crippen LogP contribution in [0.25, 0.3) is 0 Å². The van der Waals surface area contributed by atoms with Gasteiger partial charge in [-0.2, -0.15) is 0 Å². The van der Waals surface area contributed by atoms with E-state index in [0.717, 1.165) is 30.9 Å². The number of hydrogen-bond acceptors (Lipinski definition) is 3. The SMILES string of the molecule is CCN(Cc1cccc(Cl)n1)C1CC2CCC(C1)N2. The summed E-state index contributed by atoms with van der Waals surface area (Å²) in [6.45, 7) is 4.24. The molecule has 19 heavy (non-hydrogen) atoms. The molecule has 2 unspecified atom stereocenters. The van der Waals surface area contributed by atoms with E-state index in [1.54, 1.807) is 0 Å². The Hall–Kier alpha value is -0.640. The molecular weight excluding hydrogens is 258 g/mol. The third kappa shape index (κ3) is 3.10. The van der Waals surface area contributed by atoms with E-state index >= 15 is 0 Å². The fourth-order valence-electron chi connectivity index (χ4n) is 3.57. The van der Waals surface area contributed by atoms with Crippen molar-refractivity contribution in [3.05, 3.63) is 29.0 Å². The molecule has 1 aromatic rings. The topological polar surface area (TPSA) is 28.2 Å². The van der Waals surface area contributed by atoms with Gasteiger partial charge in [0, 0.05) is 24.7 Å². The molecule has 2 saturated heterocycles. The van der Waals surface area contributed by atoms with Crippen LogP contribution in [-0.4, -0.2) is 34.6 Å². The Bertz CT molecular complexity index is 425. The van der Waals surface area contributed by atoms with Gasteiger partial charge in [0.1, 0.15) is 5.15 Å². The number of hydrogen-bond donors (Lipinski definition) is 1. The summed E-state index contributed by atoms with van der Waals surface area (Å²) in [4.78, 5) is 6.98. The molecule has 3 rings (SSSR count). The summed E-state index contributed by atoms with van der Waals surface area (Å²) >= 11 is 5.97. The van der Waals surface area contributed by atoms with Crippen LogP contribution >= 0.6 is 11.6 Å². The Labute approximate surface area is 120 Å². The fraction of sp³-hybridized carbons (Fsp3) is 0.667. The second-order valence-corrected chi connectivity index (χ2v) is 6.17. The van der Waals surface area contributed by atoms with Gasteiger partial charge in [-0.1, -0.05) is 24.6 Å². The summed E-state index contributed by atoms with van der Waals surface area (Å²) in [6.07, 6.45) is 5.28. The van der Waals surface area contributed by atoms with Crippen molar-refractivity contribution in [2.45, 2.75) is 57.3 Å². The van der Waals surface area contributed by atoms with Crippen LogP contribution in [0.3, 0.4) is 0 Å². The van der Waals surface area contributed by atoms with Crippen molar-refractivity contribution in [3.8, 4) is 0 Å². The molecular formula is C15H22ClN3. The van der Waals surface area contributed by atoms with Crippen LogP contribution in [0.4, 0.5) is 0 Å². The zero-order chi connectivity index (χ0) is 13.2. The quantitative estimate of drug-likeness (QED) is 0.859. The molecule has 104 valence electrons. The third-order valence-corrected chi connectivity index (χ3v) is 4.72. The van der Waals surface area contributed by atoms with Gasteiger partial charge in [0.25, 0.3) is 0 Å². The molecule has 0 saturated carbocycles. The first-order chi connectivity index (χ1) is 9.24. The lowest BCUT2D eigenvalue weighted by atomic mass is 9.98. The minimum absolute atomic E-state index is 0.596. The highest BCUT2D eigenvalue weighted by Crippen LogP contribution is 2.30. The Morgan fingerprint density at radius 2 is 2.05 bits per heavy atom. The number of nitrogens with one attached hydrogen (secondary N) is 1. The zero-order valence-corrected chi connectivity index (χ0v) is 12.2. The molecule has 1 aromatic heterocycles. The molecule has 0 aliphatic carbocycles. The molecule has 2 aliphatic rings. The van der Waals surface area contributed by atoms with Crippen molar-refractivity contribution < 1.29 is 0 Å². The molecule has 2 bridgehead atoms. The number of piperidine rings is 1. The first-order valence-corrected chi connectivity index (χ1v) is 7.74. The smallest absolute Gasteiger partial charge is 0.129 e. The average molecular weight is 280 g/mol. The number of rotatable bonds is 4. The molecule has 2 fully saturated rings. The normalized spacial score (nSPS) is 29.9. The fourth-order valence-corrected chi connectivity index (χ4v) is 3.75. The van der Waals surface area contributed by atoms with Crippen LogP contribution in [-0.2, 0) is 6.54 Å². The van der Waals surface area contributed by atoms with Gasteiger partial charge in [-0.3, -0.25) is 4.90 Å². The number of aromatic nitrogens is 1. The van der Waals surface area contributed by atoms with Crippen LogP contribution in [0.2, 0.25) is 5.15 Å². The van der Waals surface area contributed by atoms with Crippen molar-refractivity contribution in [2.24, 2.45) is 0 Å². The van der Waals surface area contributed by atoms with E-state index < -0.39 is 0 Å². The zero-order valence-electron chi connectivity index (χ0n) is 11.5. The highest BCUT2D eigenvalue weighted by Gasteiger charge is 2.35. The number of fused-ring (bicyclic) bond motifs is 2. The highest BCUT2D eigenvalue weighted by atomic mass is 35.5. The van der Waals surface area contributed by atoms with Gasteiger partial charge in [-0.15, -0.1) is 0 Å².